The van der Waals surface area contributed by atoms with E-state index in [-0.39, 0.29) is 17.5 Å². The number of rotatable bonds is 4. The van der Waals surface area contributed by atoms with Crippen molar-refractivity contribution in [2.75, 3.05) is 12.5 Å². The average Bonchev–Trinajstić information content (AvgIpc) is 2.19. The van der Waals surface area contributed by atoms with Crippen molar-refractivity contribution in [3.63, 3.8) is 0 Å². The molecule has 0 heterocycles. The first-order chi connectivity index (χ1) is 6.63. The molecule has 1 unspecified atom stereocenters. The molecule has 1 rings (SSSR count). The highest BCUT2D eigenvalue weighted by Crippen LogP contribution is 2.22. The topological polar surface area (TPSA) is 9.23 Å². The number of ether oxygens (including phenoxy) is 1. The van der Waals surface area contributed by atoms with Crippen molar-refractivity contribution < 1.29 is 9.13 Å². The maximum absolute atomic E-state index is 13.1. The van der Waals surface area contributed by atoms with Gasteiger partial charge in [0.2, 0.25) is 0 Å². The van der Waals surface area contributed by atoms with Crippen molar-refractivity contribution in [1.29, 1.82) is 0 Å². The molecule has 0 saturated carbocycles. The van der Waals surface area contributed by atoms with Gasteiger partial charge in [0.05, 0.1) is 6.61 Å². The summed E-state index contributed by atoms with van der Waals surface area (Å²) in [6.07, 6.45) is 0. The third-order valence-electron chi connectivity index (χ3n) is 1.68. The minimum absolute atomic E-state index is 0.218. The monoisotopic (exact) mass is 280 g/mol. The quantitative estimate of drug-likeness (QED) is 0.762. The van der Waals surface area contributed by atoms with Crippen molar-refractivity contribution in [3.8, 4) is 5.75 Å². The van der Waals surface area contributed by atoms with Gasteiger partial charge in [-0.05, 0) is 18.2 Å². The predicted octanol–water partition coefficient (Wildman–Crippen LogP) is 3.84. The fourth-order valence-electron chi connectivity index (χ4n) is 0.864. The van der Waals surface area contributed by atoms with Crippen LogP contribution in [0.4, 0.5) is 4.39 Å². The Morgan fingerprint density at radius 1 is 1.57 bits per heavy atom. The van der Waals surface area contributed by atoms with E-state index in [1.807, 2.05) is 6.92 Å². The highest BCUT2D eigenvalue weighted by Gasteiger charge is 2.06. The number of alkyl halides is 1. The van der Waals surface area contributed by atoms with Gasteiger partial charge in [-0.1, -0.05) is 22.9 Å². The number of benzene rings is 1. The molecule has 0 amide bonds. The molecular weight excluding hydrogens is 270 g/mol. The Labute approximate surface area is 96.3 Å². The van der Waals surface area contributed by atoms with Gasteiger partial charge in [0.1, 0.15) is 0 Å². The molecule has 14 heavy (non-hydrogen) atoms. The number of halogens is 3. The predicted molar refractivity (Wildman–Crippen MR) is 59.5 cm³/mol. The smallest absolute Gasteiger partial charge is 0.165 e. The zero-order valence-corrected chi connectivity index (χ0v) is 10.1. The summed E-state index contributed by atoms with van der Waals surface area (Å²) in [7, 11) is 0. The van der Waals surface area contributed by atoms with E-state index in [1.54, 1.807) is 12.1 Å². The summed E-state index contributed by atoms with van der Waals surface area (Å²) in [5, 5.41) is 0. The Morgan fingerprint density at radius 3 is 2.93 bits per heavy atom. The molecule has 4 heteroatoms. The maximum Gasteiger partial charge on any atom is 0.165 e. The van der Waals surface area contributed by atoms with Crippen LogP contribution in [0.1, 0.15) is 6.92 Å². The Morgan fingerprint density at radius 2 is 2.29 bits per heavy atom. The van der Waals surface area contributed by atoms with Crippen molar-refractivity contribution in [2.24, 2.45) is 5.92 Å². The van der Waals surface area contributed by atoms with Crippen LogP contribution in [0.2, 0.25) is 0 Å². The third kappa shape index (κ3) is 3.46. The minimum atomic E-state index is -0.352. The number of hydrogen-bond donors (Lipinski definition) is 0. The summed E-state index contributed by atoms with van der Waals surface area (Å²) in [5.74, 6) is 0.636. The molecule has 0 saturated heterocycles. The molecule has 0 aromatic heterocycles. The molecule has 1 nitrogen and oxygen atoms in total. The SMILES string of the molecule is CC(CCl)COc1cc(Br)ccc1F. The van der Waals surface area contributed by atoms with E-state index in [4.69, 9.17) is 16.3 Å². The van der Waals surface area contributed by atoms with Crippen LogP contribution in [0.3, 0.4) is 0 Å². The standard InChI is InChI=1S/C10H11BrClFO/c1-7(5-12)6-14-10-4-8(11)2-3-9(10)13/h2-4,7H,5-6H2,1H3. The van der Waals surface area contributed by atoms with Crippen molar-refractivity contribution in [1.82, 2.24) is 0 Å². The summed E-state index contributed by atoms with van der Waals surface area (Å²) in [6.45, 7) is 2.37. The lowest BCUT2D eigenvalue weighted by molar-refractivity contribution is 0.261. The van der Waals surface area contributed by atoms with Crippen LogP contribution < -0.4 is 4.74 Å². The van der Waals surface area contributed by atoms with Crippen LogP contribution in [0.25, 0.3) is 0 Å². The Hall–Kier alpha value is -0.280. The van der Waals surface area contributed by atoms with Crippen molar-refractivity contribution >= 4 is 27.5 Å². The molecule has 0 bridgehead atoms. The summed E-state index contributed by atoms with van der Waals surface area (Å²) < 4.78 is 19.2. The summed E-state index contributed by atoms with van der Waals surface area (Å²) in [4.78, 5) is 0. The van der Waals surface area contributed by atoms with E-state index in [9.17, 15) is 4.39 Å². The summed E-state index contributed by atoms with van der Waals surface area (Å²) >= 11 is 8.85. The molecule has 1 aromatic rings. The fourth-order valence-corrected chi connectivity index (χ4v) is 1.29. The molecule has 0 aliphatic heterocycles. The lowest BCUT2D eigenvalue weighted by Gasteiger charge is -2.10. The third-order valence-corrected chi connectivity index (χ3v) is 2.70. The zero-order valence-electron chi connectivity index (χ0n) is 7.77. The van der Waals surface area contributed by atoms with E-state index in [0.29, 0.717) is 12.5 Å². The first-order valence-electron chi connectivity index (χ1n) is 4.27. The van der Waals surface area contributed by atoms with Gasteiger partial charge in [-0.25, -0.2) is 4.39 Å². The normalized spacial score (nSPS) is 12.6. The van der Waals surface area contributed by atoms with Crippen LogP contribution in [0.15, 0.2) is 22.7 Å². The van der Waals surface area contributed by atoms with Crippen molar-refractivity contribution in [3.05, 3.63) is 28.5 Å². The van der Waals surface area contributed by atoms with Gasteiger partial charge in [0.25, 0.3) is 0 Å². The Balaban J connectivity index is 2.62. The molecular formula is C10H11BrClFO. The first kappa shape index (κ1) is 11.8. The second kappa shape index (κ2) is 5.56. The van der Waals surface area contributed by atoms with E-state index in [0.717, 1.165) is 4.47 Å². The van der Waals surface area contributed by atoms with Crippen LogP contribution in [0.5, 0.6) is 5.75 Å². The van der Waals surface area contributed by atoms with Crippen molar-refractivity contribution in [2.45, 2.75) is 6.92 Å². The minimum Gasteiger partial charge on any atom is -0.490 e. The molecule has 1 atom stereocenters. The summed E-state index contributed by atoms with van der Waals surface area (Å²) in [6, 6.07) is 4.61. The molecule has 0 aliphatic carbocycles. The zero-order chi connectivity index (χ0) is 10.6. The maximum atomic E-state index is 13.1. The molecule has 0 fully saturated rings. The van der Waals surface area contributed by atoms with Gasteiger partial charge in [-0.2, -0.15) is 0 Å². The van der Waals surface area contributed by atoms with Gasteiger partial charge in [-0.3, -0.25) is 0 Å². The van der Waals surface area contributed by atoms with Gasteiger partial charge in [0, 0.05) is 16.3 Å². The Kier molecular flexibility index (Phi) is 4.69. The lowest BCUT2D eigenvalue weighted by Crippen LogP contribution is -2.10. The summed E-state index contributed by atoms with van der Waals surface area (Å²) in [5.41, 5.74) is 0. The average molecular weight is 282 g/mol. The molecule has 1 aromatic carbocycles. The van der Waals surface area contributed by atoms with E-state index in [2.05, 4.69) is 15.9 Å². The van der Waals surface area contributed by atoms with E-state index >= 15 is 0 Å². The second-order valence-corrected chi connectivity index (χ2v) is 4.37. The van der Waals surface area contributed by atoms with Crippen LogP contribution >= 0.6 is 27.5 Å². The first-order valence-corrected chi connectivity index (χ1v) is 5.60. The van der Waals surface area contributed by atoms with E-state index in [1.165, 1.54) is 6.07 Å². The van der Waals surface area contributed by atoms with Gasteiger partial charge in [-0.15, -0.1) is 11.6 Å². The van der Waals surface area contributed by atoms with Gasteiger partial charge in [0.15, 0.2) is 11.6 Å². The number of hydrogen-bond acceptors (Lipinski definition) is 1. The largest absolute Gasteiger partial charge is 0.490 e. The lowest BCUT2D eigenvalue weighted by atomic mass is 10.2. The molecule has 0 radical (unpaired) electrons. The van der Waals surface area contributed by atoms with E-state index < -0.39 is 0 Å². The molecule has 0 spiro atoms. The Bertz CT molecular complexity index is 306. The second-order valence-electron chi connectivity index (χ2n) is 3.15. The molecule has 0 aliphatic rings. The molecule has 0 N–H and O–H groups in total. The van der Waals surface area contributed by atoms with Gasteiger partial charge < -0.3 is 4.74 Å². The van der Waals surface area contributed by atoms with Crippen LogP contribution in [-0.4, -0.2) is 12.5 Å². The van der Waals surface area contributed by atoms with Crippen LogP contribution in [-0.2, 0) is 0 Å². The molecule has 78 valence electrons. The highest BCUT2D eigenvalue weighted by molar-refractivity contribution is 9.10. The van der Waals surface area contributed by atoms with Gasteiger partial charge >= 0.3 is 0 Å². The highest BCUT2D eigenvalue weighted by atomic mass is 79.9. The van der Waals surface area contributed by atoms with Crippen LogP contribution in [0, 0.1) is 11.7 Å². The fraction of sp³-hybridized carbons (Fsp3) is 0.400.